The van der Waals surface area contributed by atoms with E-state index in [1.54, 1.807) is 19.5 Å². The van der Waals surface area contributed by atoms with Crippen LogP contribution in [0, 0.1) is 13.8 Å². The van der Waals surface area contributed by atoms with Crippen LogP contribution in [0.1, 0.15) is 17.0 Å². The maximum Gasteiger partial charge on any atom is 0.234 e. The van der Waals surface area contributed by atoms with E-state index >= 15 is 0 Å². The van der Waals surface area contributed by atoms with Crippen LogP contribution in [0.4, 0.5) is 0 Å². The number of aromatic nitrogens is 3. The monoisotopic (exact) mass is 351 g/mol. The minimum atomic E-state index is 0.290. The van der Waals surface area contributed by atoms with E-state index < -0.39 is 0 Å². The first-order valence-electron chi connectivity index (χ1n) is 8.11. The average molecular weight is 351 g/mol. The maximum absolute atomic E-state index is 5.65. The van der Waals surface area contributed by atoms with Gasteiger partial charge in [0.15, 0.2) is 6.73 Å². The molecule has 0 amide bonds. The van der Waals surface area contributed by atoms with Crippen LogP contribution >= 0.6 is 0 Å². The summed E-state index contributed by atoms with van der Waals surface area (Å²) in [5, 5.41) is 3.10. The van der Waals surface area contributed by atoms with E-state index in [0.717, 1.165) is 28.5 Å². The summed E-state index contributed by atoms with van der Waals surface area (Å²) in [6, 6.07) is 7.39. The number of aryl methyl sites for hydroxylation is 2. The third-order valence-corrected chi connectivity index (χ3v) is 3.82. The van der Waals surface area contributed by atoms with Crippen molar-refractivity contribution < 1.29 is 9.47 Å². The van der Waals surface area contributed by atoms with Crippen LogP contribution in [0.15, 0.2) is 47.9 Å². The maximum atomic E-state index is 5.65. The molecule has 134 valence electrons. The van der Waals surface area contributed by atoms with Gasteiger partial charge in [0, 0.05) is 18.6 Å². The van der Waals surface area contributed by atoms with E-state index in [1.165, 1.54) is 0 Å². The number of aliphatic imine (C=N–C) groups is 1. The molecule has 0 fully saturated rings. The third-order valence-electron chi connectivity index (χ3n) is 3.82. The molecule has 0 unspecified atom stereocenters. The van der Waals surface area contributed by atoms with E-state index in [-0.39, 0.29) is 0 Å². The van der Waals surface area contributed by atoms with Gasteiger partial charge in [-0.2, -0.15) is 0 Å². The van der Waals surface area contributed by atoms with E-state index in [9.17, 15) is 0 Å². The molecule has 0 radical (unpaired) electrons. The van der Waals surface area contributed by atoms with E-state index in [0.29, 0.717) is 18.2 Å². The van der Waals surface area contributed by atoms with Gasteiger partial charge in [-0.1, -0.05) is 0 Å². The van der Waals surface area contributed by atoms with Crippen molar-refractivity contribution in [2.45, 2.75) is 13.8 Å². The average Bonchev–Trinajstić information content (AvgIpc) is 2.97. The van der Waals surface area contributed by atoms with Gasteiger partial charge >= 0.3 is 0 Å². The minimum Gasteiger partial charge on any atom is -0.497 e. The summed E-state index contributed by atoms with van der Waals surface area (Å²) in [4.78, 5) is 12.9. The second-order valence-electron chi connectivity index (χ2n) is 5.70. The molecule has 0 atom stereocenters. The molecule has 0 aliphatic heterocycles. The molecule has 1 N–H and O–H groups in total. The first-order valence-corrected chi connectivity index (χ1v) is 8.11. The normalized spacial score (nSPS) is 11.4. The van der Waals surface area contributed by atoms with Crippen molar-refractivity contribution in [3.63, 3.8) is 0 Å². The molecular weight excluding hydrogens is 330 g/mol. The minimum absolute atomic E-state index is 0.290. The van der Waals surface area contributed by atoms with Gasteiger partial charge in [0.2, 0.25) is 5.78 Å². The summed E-state index contributed by atoms with van der Waals surface area (Å²) >= 11 is 0. The number of fused-ring (bicyclic) bond motifs is 1. The van der Waals surface area contributed by atoms with Crippen LogP contribution in [0.3, 0.4) is 0 Å². The fourth-order valence-corrected chi connectivity index (χ4v) is 2.57. The van der Waals surface area contributed by atoms with Gasteiger partial charge in [0.25, 0.3) is 0 Å². The SMILES string of the molecule is C=N/C(=C\NCOc1ccc(OC)cc1)c1c(C)nc2ncc(C)cn12. The van der Waals surface area contributed by atoms with Crippen molar-refractivity contribution in [1.29, 1.82) is 0 Å². The van der Waals surface area contributed by atoms with Crippen LogP contribution < -0.4 is 14.8 Å². The van der Waals surface area contributed by atoms with Crippen molar-refractivity contribution in [3.05, 3.63) is 59.8 Å². The summed E-state index contributed by atoms with van der Waals surface area (Å²) < 4.78 is 12.7. The van der Waals surface area contributed by atoms with Crippen LogP contribution in [0.25, 0.3) is 11.5 Å². The molecule has 0 aliphatic carbocycles. The second-order valence-corrected chi connectivity index (χ2v) is 5.70. The van der Waals surface area contributed by atoms with Crippen molar-refractivity contribution >= 4 is 18.2 Å². The lowest BCUT2D eigenvalue weighted by molar-refractivity contribution is 0.302. The quantitative estimate of drug-likeness (QED) is 0.402. The number of hydrogen-bond acceptors (Lipinski definition) is 6. The van der Waals surface area contributed by atoms with Crippen LogP contribution in [0.5, 0.6) is 11.5 Å². The Kier molecular flexibility index (Phi) is 5.17. The van der Waals surface area contributed by atoms with Gasteiger partial charge in [0.1, 0.15) is 17.2 Å². The van der Waals surface area contributed by atoms with Crippen molar-refractivity contribution in [2.75, 3.05) is 13.8 Å². The number of benzene rings is 1. The molecular formula is C19H21N5O2. The number of imidazole rings is 1. The first kappa shape index (κ1) is 17.5. The lowest BCUT2D eigenvalue weighted by atomic mass is 10.2. The highest BCUT2D eigenvalue weighted by atomic mass is 16.5. The largest absolute Gasteiger partial charge is 0.497 e. The van der Waals surface area contributed by atoms with E-state index in [4.69, 9.17) is 9.47 Å². The summed E-state index contributed by atoms with van der Waals surface area (Å²) in [6.07, 6.45) is 5.52. The summed E-state index contributed by atoms with van der Waals surface area (Å²) in [5.41, 5.74) is 3.39. The fraction of sp³-hybridized carbons (Fsp3) is 0.211. The highest BCUT2D eigenvalue weighted by Crippen LogP contribution is 2.21. The number of rotatable bonds is 7. The van der Waals surface area contributed by atoms with Crippen LogP contribution in [0.2, 0.25) is 0 Å². The molecule has 7 nitrogen and oxygen atoms in total. The van der Waals surface area contributed by atoms with Gasteiger partial charge in [-0.3, -0.25) is 9.39 Å². The molecule has 2 aromatic heterocycles. The van der Waals surface area contributed by atoms with Gasteiger partial charge in [-0.15, -0.1) is 0 Å². The standard InChI is InChI=1S/C19H21N5O2/c1-13-9-22-19-23-14(2)18(24(19)11-13)17(20-3)10-21-12-26-16-7-5-15(25-4)6-8-16/h5-11,21H,3,12H2,1-2,4H3/b17-10-. The highest BCUT2D eigenvalue weighted by Gasteiger charge is 2.13. The van der Waals surface area contributed by atoms with Gasteiger partial charge in [-0.05, 0) is 50.4 Å². The molecule has 3 rings (SSSR count). The zero-order valence-corrected chi connectivity index (χ0v) is 15.1. The molecule has 3 aromatic rings. The number of nitrogens with one attached hydrogen (secondary N) is 1. The smallest absolute Gasteiger partial charge is 0.234 e. The van der Waals surface area contributed by atoms with Crippen molar-refractivity contribution in [3.8, 4) is 11.5 Å². The first-order chi connectivity index (χ1) is 12.6. The molecule has 7 heteroatoms. The number of ether oxygens (including phenoxy) is 2. The van der Waals surface area contributed by atoms with E-state index in [2.05, 4.69) is 27.0 Å². The predicted octanol–water partition coefficient (Wildman–Crippen LogP) is 2.98. The summed E-state index contributed by atoms with van der Waals surface area (Å²) in [5.74, 6) is 2.16. The molecule has 0 spiro atoms. The number of methoxy groups -OCH3 is 1. The summed E-state index contributed by atoms with van der Waals surface area (Å²) in [7, 11) is 1.63. The molecule has 0 saturated heterocycles. The summed E-state index contributed by atoms with van der Waals surface area (Å²) in [6.45, 7) is 7.87. The zero-order valence-electron chi connectivity index (χ0n) is 15.1. The van der Waals surface area contributed by atoms with Crippen molar-refractivity contribution in [2.24, 2.45) is 4.99 Å². The lowest BCUT2D eigenvalue weighted by Gasteiger charge is -2.08. The third kappa shape index (κ3) is 3.66. The molecule has 0 aliphatic rings. The van der Waals surface area contributed by atoms with Crippen LogP contribution in [-0.4, -0.2) is 34.9 Å². The Hall–Kier alpha value is -3.35. The Bertz CT molecular complexity index is 944. The fourth-order valence-electron chi connectivity index (χ4n) is 2.57. The Morgan fingerprint density at radius 1 is 1.27 bits per heavy atom. The van der Waals surface area contributed by atoms with Crippen LogP contribution in [-0.2, 0) is 0 Å². The topological polar surface area (TPSA) is 73.0 Å². The second kappa shape index (κ2) is 7.69. The molecule has 0 bridgehead atoms. The predicted molar refractivity (Wildman–Crippen MR) is 102 cm³/mol. The zero-order chi connectivity index (χ0) is 18.5. The van der Waals surface area contributed by atoms with Gasteiger partial charge < -0.3 is 14.8 Å². The number of nitrogens with zero attached hydrogens (tertiary/aromatic N) is 4. The Labute approximate surface area is 152 Å². The van der Waals surface area contributed by atoms with Gasteiger partial charge in [0.05, 0.1) is 18.5 Å². The Balaban J connectivity index is 1.73. The molecule has 0 saturated carbocycles. The number of hydrogen-bond donors (Lipinski definition) is 1. The highest BCUT2D eigenvalue weighted by molar-refractivity contribution is 5.69. The lowest BCUT2D eigenvalue weighted by Crippen LogP contribution is -2.14. The molecule has 2 heterocycles. The molecule has 1 aromatic carbocycles. The Morgan fingerprint density at radius 3 is 2.69 bits per heavy atom. The molecule has 26 heavy (non-hydrogen) atoms. The van der Waals surface area contributed by atoms with Gasteiger partial charge in [-0.25, -0.2) is 9.97 Å². The Morgan fingerprint density at radius 2 is 2.00 bits per heavy atom. The van der Waals surface area contributed by atoms with Crippen molar-refractivity contribution in [1.82, 2.24) is 19.7 Å². The van der Waals surface area contributed by atoms with E-state index in [1.807, 2.05) is 48.7 Å².